The SMILES string of the molecule is N#Cc1cccnc1NC(c1ccccc1)C1CCCC1. The molecule has 0 saturated heterocycles. The zero-order valence-corrected chi connectivity index (χ0v) is 12.0. The molecule has 0 bridgehead atoms. The van der Waals surface area contributed by atoms with Crippen molar-refractivity contribution in [2.75, 3.05) is 5.32 Å². The summed E-state index contributed by atoms with van der Waals surface area (Å²) in [6, 6.07) is 16.6. The molecule has 0 aliphatic heterocycles. The highest BCUT2D eigenvalue weighted by Crippen LogP contribution is 2.37. The minimum Gasteiger partial charge on any atom is -0.362 e. The largest absolute Gasteiger partial charge is 0.362 e. The van der Waals surface area contributed by atoms with Crippen LogP contribution in [0.3, 0.4) is 0 Å². The first-order valence-electron chi connectivity index (χ1n) is 7.55. The van der Waals surface area contributed by atoms with Crippen molar-refractivity contribution in [2.24, 2.45) is 5.92 Å². The van der Waals surface area contributed by atoms with E-state index in [1.807, 2.05) is 12.1 Å². The summed E-state index contributed by atoms with van der Waals surface area (Å²) in [5.74, 6) is 1.31. The van der Waals surface area contributed by atoms with Crippen LogP contribution in [0, 0.1) is 17.2 Å². The van der Waals surface area contributed by atoms with Gasteiger partial charge in [-0.2, -0.15) is 5.26 Å². The summed E-state index contributed by atoms with van der Waals surface area (Å²) in [4.78, 5) is 4.35. The van der Waals surface area contributed by atoms with Gasteiger partial charge < -0.3 is 5.32 Å². The number of anilines is 1. The lowest BCUT2D eigenvalue weighted by atomic mass is 9.91. The molecule has 1 saturated carbocycles. The van der Waals surface area contributed by atoms with Crippen molar-refractivity contribution in [3.05, 3.63) is 59.8 Å². The van der Waals surface area contributed by atoms with Crippen molar-refractivity contribution in [1.82, 2.24) is 4.98 Å². The molecular weight excluding hydrogens is 258 g/mol. The Kier molecular flexibility index (Phi) is 4.16. The van der Waals surface area contributed by atoms with Crippen LogP contribution in [0.5, 0.6) is 0 Å². The van der Waals surface area contributed by atoms with E-state index < -0.39 is 0 Å². The summed E-state index contributed by atoms with van der Waals surface area (Å²) in [5, 5.41) is 12.8. The van der Waals surface area contributed by atoms with E-state index in [4.69, 9.17) is 0 Å². The van der Waals surface area contributed by atoms with Gasteiger partial charge in [-0.25, -0.2) is 4.98 Å². The first kappa shape index (κ1) is 13.6. The molecule has 3 nitrogen and oxygen atoms in total. The molecule has 2 aromatic rings. The first-order valence-corrected chi connectivity index (χ1v) is 7.55. The Morgan fingerprint density at radius 1 is 1.10 bits per heavy atom. The molecule has 1 atom stereocenters. The number of rotatable bonds is 4. The van der Waals surface area contributed by atoms with E-state index in [1.165, 1.54) is 31.2 Å². The van der Waals surface area contributed by atoms with Gasteiger partial charge in [0.1, 0.15) is 11.9 Å². The van der Waals surface area contributed by atoms with Gasteiger partial charge in [-0.05, 0) is 36.5 Å². The van der Waals surface area contributed by atoms with Crippen molar-refractivity contribution in [3.63, 3.8) is 0 Å². The Balaban J connectivity index is 1.91. The molecular formula is C18H19N3. The quantitative estimate of drug-likeness (QED) is 0.906. The van der Waals surface area contributed by atoms with Crippen molar-refractivity contribution < 1.29 is 0 Å². The maximum absolute atomic E-state index is 9.24. The molecule has 1 aliphatic rings. The van der Waals surface area contributed by atoms with Crippen molar-refractivity contribution in [3.8, 4) is 6.07 Å². The third-order valence-corrected chi connectivity index (χ3v) is 4.25. The standard InChI is InChI=1S/C18H19N3/c19-13-16-11-6-12-20-18(16)21-17(15-9-4-5-10-15)14-7-2-1-3-8-14/h1-3,6-8,11-12,15,17H,4-5,9-10H2,(H,20,21). The summed E-state index contributed by atoms with van der Waals surface area (Å²) in [6.07, 6.45) is 6.80. The number of hydrogen-bond acceptors (Lipinski definition) is 3. The monoisotopic (exact) mass is 277 g/mol. The molecule has 106 valence electrons. The normalized spacial score (nSPS) is 16.3. The second-order valence-electron chi connectivity index (χ2n) is 5.59. The fourth-order valence-electron chi connectivity index (χ4n) is 3.18. The highest BCUT2D eigenvalue weighted by Gasteiger charge is 2.27. The molecule has 1 fully saturated rings. The highest BCUT2D eigenvalue weighted by atomic mass is 15.0. The van der Waals surface area contributed by atoms with Gasteiger partial charge >= 0.3 is 0 Å². The van der Waals surface area contributed by atoms with Crippen LogP contribution in [0.15, 0.2) is 48.7 Å². The van der Waals surface area contributed by atoms with Crippen molar-refractivity contribution in [1.29, 1.82) is 5.26 Å². The Bertz CT molecular complexity index is 624. The van der Waals surface area contributed by atoms with Crippen molar-refractivity contribution >= 4 is 5.82 Å². The Hall–Kier alpha value is -2.34. The van der Waals surface area contributed by atoms with Gasteiger partial charge in [-0.1, -0.05) is 43.2 Å². The number of hydrogen-bond donors (Lipinski definition) is 1. The van der Waals surface area contributed by atoms with Crippen LogP contribution in [0.25, 0.3) is 0 Å². The molecule has 0 spiro atoms. The second kappa shape index (κ2) is 6.41. The Labute approximate surface area is 125 Å². The summed E-state index contributed by atoms with van der Waals surface area (Å²) in [5.41, 5.74) is 1.88. The number of aromatic nitrogens is 1. The van der Waals surface area contributed by atoms with E-state index in [9.17, 15) is 5.26 Å². The van der Waals surface area contributed by atoms with Gasteiger partial charge in [0.2, 0.25) is 0 Å². The molecule has 1 aromatic heterocycles. The molecule has 3 rings (SSSR count). The average molecular weight is 277 g/mol. The molecule has 1 aromatic carbocycles. The number of pyridine rings is 1. The molecule has 1 heterocycles. The summed E-state index contributed by atoms with van der Waals surface area (Å²) in [7, 11) is 0. The lowest BCUT2D eigenvalue weighted by Gasteiger charge is -2.26. The molecule has 1 aliphatic carbocycles. The zero-order chi connectivity index (χ0) is 14.5. The lowest BCUT2D eigenvalue weighted by molar-refractivity contribution is 0.469. The van der Waals surface area contributed by atoms with Gasteiger partial charge in [-0.15, -0.1) is 0 Å². The molecule has 21 heavy (non-hydrogen) atoms. The molecule has 3 heteroatoms. The summed E-state index contributed by atoms with van der Waals surface area (Å²) >= 11 is 0. The topological polar surface area (TPSA) is 48.7 Å². The average Bonchev–Trinajstić information content (AvgIpc) is 3.08. The van der Waals surface area contributed by atoms with Gasteiger partial charge in [0.05, 0.1) is 11.6 Å². The fourth-order valence-corrected chi connectivity index (χ4v) is 3.18. The second-order valence-corrected chi connectivity index (χ2v) is 5.59. The number of nitrogens with one attached hydrogen (secondary N) is 1. The summed E-state index contributed by atoms with van der Waals surface area (Å²) in [6.45, 7) is 0. The minimum absolute atomic E-state index is 0.232. The van der Waals surface area contributed by atoms with E-state index in [0.717, 1.165) is 0 Å². The van der Waals surface area contributed by atoms with E-state index in [2.05, 4.69) is 40.6 Å². The zero-order valence-electron chi connectivity index (χ0n) is 12.0. The maximum atomic E-state index is 9.24. The predicted molar refractivity (Wildman–Crippen MR) is 83.7 cm³/mol. The number of nitrogens with zero attached hydrogens (tertiary/aromatic N) is 2. The van der Waals surface area contributed by atoms with Crippen LogP contribution < -0.4 is 5.32 Å². The predicted octanol–water partition coefficient (Wildman–Crippen LogP) is 4.30. The van der Waals surface area contributed by atoms with Crippen LogP contribution >= 0.6 is 0 Å². The van der Waals surface area contributed by atoms with E-state index in [1.54, 1.807) is 12.3 Å². The van der Waals surface area contributed by atoms with Gasteiger partial charge in [0, 0.05) is 6.20 Å². The Morgan fingerprint density at radius 3 is 2.57 bits per heavy atom. The van der Waals surface area contributed by atoms with Crippen LogP contribution in [0.1, 0.15) is 42.9 Å². The van der Waals surface area contributed by atoms with Gasteiger partial charge in [0.15, 0.2) is 0 Å². The molecule has 0 radical (unpaired) electrons. The van der Waals surface area contributed by atoms with Crippen LogP contribution in [0.2, 0.25) is 0 Å². The lowest BCUT2D eigenvalue weighted by Crippen LogP contribution is -2.20. The summed E-state index contributed by atoms with van der Waals surface area (Å²) < 4.78 is 0. The first-order chi connectivity index (χ1) is 10.4. The Morgan fingerprint density at radius 2 is 1.86 bits per heavy atom. The smallest absolute Gasteiger partial charge is 0.144 e. The van der Waals surface area contributed by atoms with Crippen LogP contribution in [-0.2, 0) is 0 Å². The third kappa shape index (κ3) is 3.05. The van der Waals surface area contributed by atoms with Crippen LogP contribution in [0.4, 0.5) is 5.82 Å². The van der Waals surface area contributed by atoms with E-state index in [0.29, 0.717) is 17.3 Å². The number of benzene rings is 1. The van der Waals surface area contributed by atoms with Crippen molar-refractivity contribution in [2.45, 2.75) is 31.7 Å². The number of nitriles is 1. The molecule has 1 unspecified atom stereocenters. The van der Waals surface area contributed by atoms with Gasteiger partial charge in [-0.3, -0.25) is 0 Å². The molecule has 0 amide bonds. The van der Waals surface area contributed by atoms with Crippen LogP contribution in [-0.4, -0.2) is 4.98 Å². The minimum atomic E-state index is 0.232. The fraction of sp³-hybridized carbons (Fsp3) is 0.333. The molecule has 1 N–H and O–H groups in total. The van der Waals surface area contributed by atoms with E-state index in [-0.39, 0.29) is 6.04 Å². The maximum Gasteiger partial charge on any atom is 0.144 e. The van der Waals surface area contributed by atoms with Gasteiger partial charge in [0.25, 0.3) is 0 Å². The third-order valence-electron chi connectivity index (χ3n) is 4.25. The highest BCUT2D eigenvalue weighted by molar-refractivity contribution is 5.52. The van der Waals surface area contributed by atoms with E-state index >= 15 is 0 Å².